The average Bonchev–Trinajstić information content (AvgIpc) is 2.47. The summed E-state index contributed by atoms with van der Waals surface area (Å²) >= 11 is 0. The van der Waals surface area contributed by atoms with Gasteiger partial charge in [-0.1, -0.05) is 12.1 Å². The molecule has 0 saturated carbocycles. The molecule has 1 fully saturated rings. The van der Waals surface area contributed by atoms with E-state index in [4.69, 9.17) is 4.74 Å². The van der Waals surface area contributed by atoms with Crippen molar-refractivity contribution in [3.8, 4) is 0 Å². The van der Waals surface area contributed by atoms with E-state index in [0.29, 0.717) is 11.6 Å². The molecule has 1 aromatic carbocycles. The Balaban J connectivity index is 0.00000200. The number of rotatable bonds is 4. The average molecular weight is 299 g/mol. The summed E-state index contributed by atoms with van der Waals surface area (Å²) in [6, 6.07) is 8.31. The molecule has 20 heavy (non-hydrogen) atoms. The molecule has 0 spiro atoms. The highest BCUT2D eigenvalue weighted by Crippen LogP contribution is 2.15. The van der Waals surface area contributed by atoms with Gasteiger partial charge in [-0.05, 0) is 50.7 Å². The molecule has 0 bridgehead atoms. The maximum atomic E-state index is 11.5. The molecule has 0 aliphatic carbocycles. The van der Waals surface area contributed by atoms with E-state index in [1.807, 2.05) is 12.1 Å². The van der Waals surface area contributed by atoms with Crippen LogP contribution in [0.3, 0.4) is 0 Å². The maximum Gasteiger partial charge on any atom is 0.337 e. The van der Waals surface area contributed by atoms with Crippen molar-refractivity contribution >= 4 is 18.4 Å². The molecular formula is C15H23ClN2O2. The number of nitrogens with one attached hydrogen (secondary N) is 1. The number of benzene rings is 1. The van der Waals surface area contributed by atoms with Gasteiger partial charge in [-0.25, -0.2) is 4.79 Å². The summed E-state index contributed by atoms with van der Waals surface area (Å²) in [6.45, 7) is 3.06. The highest BCUT2D eigenvalue weighted by Gasteiger charge is 2.18. The topological polar surface area (TPSA) is 41.6 Å². The molecule has 0 atom stereocenters. The van der Waals surface area contributed by atoms with E-state index in [-0.39, 0.29) is 18.4 Å². The fourth-order valence-electron chi connectivity index (χ4n) is 2.58. The molecule has 1 aromatic rings. The highest BCUT2D eigenvalue weighted by molar-refractivity contribution is 5.89. The summed E-state index contributed by atoms with van der Waals surface area (Å²) in [7, 11) is 3.57. The predicted octanol–water partition coefficient (Wildman–Crippen LogP) is 2.08. The van der Waals surface area contributed by atoms with Crippen molar-refractivity contribution in [3.63, 3.8) is 0 Å². The van der Waals surface area contributed by atoms with Crippen LogP contribution in [-0.2, 0) is 11.3 Å². The lowest BCUT2D eigenvalue weighted by Crippen LogP contribution is -2.40. The van der Waals surface area contributed by atoms with Gasteiger partial charge in [-0.15, -0.1) is 12.4 Å². The van der Waals surface area contributed by atoms with E-state index in [0.717, 1.165) is 25.2 Å². The van der Waals surface area contributed by atoms with Gasteiger partial charge in [0.05, 0.1) is 12.7 Å². The highest BCUT2D eigenvalue weighted by atomic mass is 35.5. The fourth-order valence-corrected chi connectivity index (χ4v) is 2.58. The molecule has 2 rings (SSSR count). The summed E-state index contributed by atoms with van der Waals surface area (Å²) in [6.07, 6.45) is 2.38. The molecule has 4 nitrogen and oxygen atoms in total. The first-order chi connectivity index (χ1) is 9.20. The minimum atomic E-state index is -0.272. The Kier molecular flexibility index (Phi) is 6.99. The van der Waals surface area contributed by atoms with E-state index in [9.17, 15) is 4.79 Å². The molecule has 0 amide bonds. The minimum absolute atomic E-state index is 0. The number of ether oxygens (including phenoxy) is 1. The van der Waals surface area contributed by atoms with Crippen LogP contribution < -0.4 is 5.32 Å². The minimum Gasteiger partial charge on any atom is -0.465 e. The second kappa shape index (κ2) is 8.25. The van der Waals surface area contributed by atoms with Crippen molar-refractivity contribution < 1.29 is 9.53 Å². The van der Waals surface area contributed by atoms with Gasteiger partial charge < -0.3 is 10.1 Å². The van der Waals surface area contributed by atoms with Crippen LogP contribution in [0.2, 0.25) is 0 Å². The van der Waals surface area contributed by atoms with Crippen LogP contribution in [0.25, 0.3) is 0 Å². The van der Waals surface area contributed by atoms with Crippen LogP contribution in [0, 0.1) is 0 Å². The molecule has 0 aromatic heterocycles. The first-order valence-electron chi connectivity index (χ1n) is 6.79. The van der Waals surface area contributed by atoms with Gasteiger partial charge >= 0.3 is 5.97 Å². The molecule has 1 heterocycles. The molecule has 1 saturated heterocycles. The lowest BCUT2D eigenvalue weighted by molar-refractivity contribution is 0.0600. The van der Waals surface area contributed by atoms with Gasteiger partial charge in [-0.2, -0.15) is 0 Å². The Bertz CT molecular complexity index is 434. The fraction of sp³-hybridized carbons (Fsp3) is 0.533. The molecule has 5 heteroatoms. The van der Waals surface area contributed by atoms with Gasteiger partial charge in [0.1, 0.15) is 0 Å². The molecule has 112 valence electrons. The van der Waals surface area contributed by atoms with Crippen molar-refractivity contribution in [2.45, 2.75) is 25.4 Å². The maximum absolute atomic E-state index is 11.5. The van der Waals surface area contributed by atoms with Crippen LogP contribution in [0.1, 0.15) is 28.8 Å². The standard InChI is InChI=1S/C15H22N2O2.ClH/c1-17(14-6-8-16-9-7-14)11-12-4-3-5-13(10-12)15(18)19-2;/h3-5,10,14,16H,6-9,11H2,1-2H3;1H. The summed E-state index contributed by atoms with van der Waals surface area (Å²) in [5, 5.41) is 3.38. The van der Waals surface area contributed by atoms with E-state index in [1.54, 1.807) is 6.07 Å². The van der Waals surface area contributed by atoms with E-state index >= 15 is 0 Å². The van der Waals surface area contributed by atoms with Crippen molar-refractivity contribution in [2.24, 2.45) is 0 Å². The second-order valence-corrected chi connectivity index (χ2v) is 5.09. The Morgan fingerprint density at radius 1 is 1.40 bits per heavy atom. The monoisotopic (exact) mass is 298 g/mol. The number of hydrogen-bond acceptors (Lipinski definition) is 4. The smallest absolute Gasteiger partial charge is 0.337 e. The molecule has 1 N–H and O–H groups in total. The summed E-state index contributed by atoms with van der Waals surface area (Å²) in [4.78, 5) is 13.9. The van der Waals surface area contributed by atoms with Gasteiger partial charge in [0, 0.05) is 12.6 Å². The first kappa shape index (κ1) is 17.0. The summed E-state index contributed by atoms with van der Waals surface area (Å²) < 4.78 is 4.75. The van der Waals surface area contributed by atoms with Crippen LogP contribution in [0.4, 0.5) is 0 Å². The quantitative estimate of drug-likeness (QED) is 0.864. The van der Waals surface area contributed by atoms with Gasteiger partial charge in [0.25, 0.3) is 0 Å². The third-order valence-electron chi connectivity index (χ3n) is 3.71. The van der Waals surface area contributed by atoms with Crippen molar-refractivity contribution in [1.29, 1.82) is 0 Å². The summed E-state index contributed by atoms with van der Waals surface area (Å²) in [5.41, 5.74) is 1.78. The Labute approximate surface area is 126 Å². The zero-order valence-electron chi connectivity index (χ0n) is 12.1. The summed E-state index contributed by atoms with van der Waals surface area (Å²) in [5.74, 6) is -0.272. The lowest BCUT2D eigenvalue weighted by Gasteiger charge is -2.31. The zero-order chi connectivity index (χ0) is 13.7. The SMILES string of the molecule is COC(=O)c1cccc(CN(C)C2CCNCC2)c1.Cl. The third-order valence-corrected chi connectivity index (χ3v) is 3.71. The first-order valence-corrected chi connectivity index (χ1v) is 6.79. The second-order valence-electron chi connectivity index (χ2n) is 5.09. The van der Waals surface area contributed by atoms with Crippen molar-refractivity contribution in [3.05, 3.63) is 35.4 Å². The molecular weight excluding hydrogens is 276 g/mol. The Hall–Kier alpha value is -1.10. The Morgan fingerprint density at radius 3 is 2.75 bits per heavy atom. The van der Waals surface area contributed by atoms with Gasteiger partial charge in [0.15, 0.2) is 0 Å². The number of carbonyl (C=O) groups excluding carboxylic acids is 1. The molecule has 1 aliphatic heterocycles. The Morgan fingerprint density at radius 2 is 2.10 bits per heavy atom. The number of methoxy groups -OCH3 is 1. The van der Waals surface area contributed by atoms with Crippen molar-refractivity contribution in [2.75, 3.05) is 27.2 Å². The predicted molar refractivity (Wildman–Crippen MR) is 82.4 cm³/mol. The van der Waals surface area contributed by atoms with Crippen molar-refractivity contribution in [1.82, 2.24) is 10.2 Å². The van der Waals surface area contributed by atoms with Crippen LogP contribution in [0.5, 0.6) is 0 Å². The van der Waals surface area contributed by atoms with Crippen LogP contribution >= 0.6 is 12.4 Å². The number of esters is 1. The third kappa shape index (κ3) is 4.47. The van der Waals surface area contributed by atoms with E-state index in [2.05, 4.69) is 23.3 Å². The van der Waals surface area contributed by atoms with E-state index in [1.165, 1.54) is 20.0 Å². The molecule has 0 radical (unpaired) electrons. The van der Waals surface area contributed by atoms with Gasteiger partial charge in [0.2, 0.25) is 0 Å². The lowest BCUT2D eigenvalue weighted by atomic mass is 10.0. The van der Waals surface area contributed by atoms with Crippen LogP contribution in [0.15, 0.2) is 24.3 Å². The number of halogens is 1. The van der Waals surface area contributed by atoms with Gasteiger partial charge in [-0.3, -0.25) is 4.90 Å². The number of nitrogens with zero attached hydrogens (tertiary/aromatic N) is 1. The number of carbonyl (C=O) groups is 1. The molecule has 0 unspecified atom stereocenters. The zero-order valence-corrected chi connectivity index (χ0v) is 12.9. The molecule has 1 aliphatic rings. The number of hydrogen-bond donors (Lipinski definition) is 1. The van der Waals surface area contributed by atoms with Crippen LogP contribution in [-0.4, -0.2) is 44.2 Å². The van der Waals surface area contributed by atoms with E-state index < -0.39 is 0 Å². The number of piperidine rings is 1. The normalized spacial score (nSPS) is 15.8. The largest absolute Gasteiger partial charge is 0.465 e.